The van der Waals surface area contributed by atoms with E-state index in [1.165, 1.54) is 0 Å². The van der Waals surface area contributed by atoms with Crippen LogP contribution in [0.5, 0.6) is 11.5 Å². The second kappa shape index (κ2) is 7.28. The van der Waals surface area contributed by atoms with Crippen LogP contribution < -0.4 is 20.2 Å². The SMILES string of the molecule is CCOc1ccc(C2NC(=O)c3oc4c(C)cc(C)cc4c(=O)c32)cc1OCC. The van der Waals surface area contributed by atoms with Gasteiger partial charge in [-0.15, -0.1) is 0 Å². The molecular weight excluding hydrogens is 370 g/mol. The molecule has 1 amide bonds. The first-order valence-electron chi connectivity index (χ1n) is 9.73. The Balaban J connectivity index is 1.90. The van der Waals surface area contributed by atoms with Gasteiger partial charge < -0.3 is 19.2 Å². The molecule has 6 heteroatoms. The van der Waals surface area contributed by atoms with Gasteiger partial charge in [0, 0.05) is 0 Å². The van der Waals surface area contributed by atoms with E-state index in [0.29, 0.717) is 41.2 Å². The van der Waals surface area contributed by atoms with E-state index in [-0.39, 0.29) is 11.2 Å². The molecular formula is C23H23NO5. The van der Waals surface area contributed by atoms with Crippen LogP contribution >= 0.6 is 0 Å². The Bertz CT molecular complexity index is 1180. The van der Waals surface area contributed by atoms with Crippen LogP contribution in [0.2, 0.25) is 0 Å². The maximum atomic E-state index is 13.3. The van der Waals surface area contributed by atoms with Crippen molar-refractivity contribution in [1.82, 2.24) is 5.32 Å². The number of carbonyl (C=O) groups is 1. The first-order valence-corrected chi connectivity index (χ1v) is 9.73. The van der Waals surface area contributed by atoms with E-state index >= 15 is 0 Å². The Morgan fingerprint density at radius 1 is 1.00 bits per heavy atom. The van der Waals surface area contributed by atoms with Crippen LogP contribution in [0.4, 0.5) is 0 Å². The Kier molecular flexibility index (Phi) is 4.78. The highest BCUT2D eigenvalue weighted by Crippen LogP contribution is 2.36. The fourth-order valence-corrected chi connectivity index (χ4v) is 3.86. The standard InChI is InChI=1S/C23H23NO5/c1-5-27-16-8-7-14(11-17(16)28-6-2)19-18-20(25)15-10-12(3)9-13(4)21(15)29-22(18)23(26)24-19/h7-11,19H,5-6H2,1-4H3,(H,24,26). The summed E-state index contributed by atoms with van der Waals surface area (Å²) in [7, 11) is 0. The number of ether oxygens (including phenoxy) is 2. The van der Waals surface area contributed by atoms with Crippen LogP contribution in [0.25, 0.3) is 11.0 Å². The molecule has 1 aliphatic rings. The predicted molar refractivity (Wildman–Crippen MR) is 110 cm³/mol. The summed E-state index contributed by atoms with van der Waals surface area (Å²) in [6.45, 7) is 8.58. The minimum Gasteiger partial charge on any atom is -0.490 e. The van der Waals surface area contributed by atoms with Crippen LogP contribution in [0.3, 0.4) is 0 Å². The summed E-state index contributed by atoms with van der Waals surface area (Å²) in [5.74, 6) is 0.882. The average Bonchev–Trinajstić information content (AvgIpc) is 3.01. The van der Waals surface area contributed by atoms with E-state index in [9.17, 15) is 9.59 Å². The normalized spacial score (nSPS) is 15.3. The third kappa shape index (κ3) is 3.14. The van der Waals surface area contributed by atoms with E-state index in [1.54, 1.807) is 18.2 Å². The molecule has 2 heterocycles. The number of carbonyl (C=O) groups excluding carboxylic acids is 1. The van der Waals surface area contributed by atoms with Crippen LogP contribution in [0.15, 0.2) is 39.5 Å². The molecule has 0 bridgehead atoms. The van der Waals surface area contributed by atoms with E-state index in [1.807, 2.05) is 39.8 Å². The average molecular weight is 393 g/mol. The number of hydrogen-bond acceptors (Lipinski definition) is 5. The highest BCUT2D eigenvalue weighted by molar-refractivity contribution is 5.99. The molecule has 0 saturated carbocycles. The molecule has 0 spiro atoms. The lowest BCUT2D eigenvalue weighted by molar-refractivity contribution is 0.0938. The number of nitrogens with one attached hydrogen (secondary N) is 1. The van der Waals surface area contributed by atoms with Gasteiger partial charge in [0.2, 0.25) is 5.76 Å². The summed E-state index contributed by atoms with van der Waals surface area (Å²) in [5, 5.41) is 3.36. The highest BCUT2D eigenvalue weighted by Gasteiger charge is 2.36. The summed E-state index contributed by atoms with van der Waals surface area (Å²) < 4.78 is 17.2. The second-order valence-corrected chi connectivity index (χ2v) is 7.11. The van der Waals surface area contributed by atoms with Gasteiger partial charge in [0.1, 0.15) is 5.58 Å². The quantitative estimate of drug-likeness (QED) is 0.708. The molecule has 1 N–H and O–H groups in total. The van der Waals surface area contributed by atoms with E-state index in [2.05, 4.69) is 5.32 Å². The van der Waals surface area contributed by atoms with Gasteiger partial charge in [-0.2, -0.15) is 0 Å². The molecule has 4 rings (SSSR count). The summed E-state index contributed by atoms with van der Waals surface area (Å²) in [6, 6.07) is 8.57. The van der Waals surface area contributed by atoms with Crippen LogP contribution in [-0.2, 0) is 0 Å². The zero-order valence-electron chi connectivity index (χ0n) is 16.9. The van der Waals surface area contributed by atoms with E-state index in [0.717, 1.165) is 16.7 Å². The van der Waals surface area contributed by atoms with Gasteiger partial charge in [-0.05, 0) is 62.6 Å². The van der Waals surface area contributed by atoms with Crippen LogP contribution in [0.1, 0.15) is 52.7 Å². The monoisotopic (exact) mass is 393 g/mol. The van der Waals surface area contributed by atoms with Crippen molar-refractivity contribution in [1.29, 1.82) is 0 Å². The van der Waals surface area contributed by atoms with Gasteiger partial charge in [-0.1, -0.05) is 12.1 Å². The molecule has 0 saturated heterocycles. The number of hydrogen-bond donors (Lipinski definition) is 1. The molecule has 0 fully saturated rings. The van der Waals surface area contributed by atoms with Crippen molar-refractivity contribution in [3.05, 3.63) is 68.6 Å². The van der Waals surface area contributed by atoms with Gasteiger partial charge in [0.05, 0.1) is 30.2 Å². The van der Waals surface area contributed by atoms with Crippen LogP contribution in [0, 0.1) is 13.8 Å². The molecule has 1 atom stereocenters. The first-order chi connectivity index (χ1) is 13.9. The minimum atomic E-state index is -0.603. The van der Waals surface area contributed by atoms with Crippen molar-refractivity contribution in [2.45, 2.75) is 33.7 Å². The highest BCUT2D eigenvalue weighted by atomic mass is 16.5. The third-order valence-corrected chi connectivity index (χ3v) is 5.03. The topological polar surface area (TPSA) is 77.8 Å². The fourth-order valence-electron chi connectivity index (χ4n) is 3.86. The zero-order valence-corrected chi connectivity index (χ0v) is 16.9. The molecule has 2 aromatic carbocycles. The predicted octanol–water partition coefficient (Wildman–Crippen LogP) is 4.04. The lowest BCUT2D eigenvalue weighted by Gasteiger charge is -2.16. The van der Waals surface area contributed by atoms with E-state index < -0.39 is 11.9 Å². The number of amides is 1. The van der Waals surface area contributed by atoms with E-state index in [4.69, 9.17) is 13.9 Å². The number of aryl methyl sites for hydroxylation is 2. The fraction of sp³-hybridized carbons (Fsp3) is 0.304. The van der Waals surface area contributed by atoms with Crippen molar-refractivity contribution in [2.75, 3.05) is 13.2 Å². The third-order valence-electron chi connectivity index (χ3n) is 5.03. The van der Waals surface area contributed by atoms with Gasteiger partial charge in [-0.25, -0.2) is 0 Å². The molecule has 1 unspecified atom stereocenters. The van der Waals surface area contributed by atoms with Crippen molar-refractivity contribution >= 4 is 16.9 Å². The lowest BCUT2D eigenvalue weighted by Crippen LogP contribution is -2.22. The van der Waals surface area contributed by atoms with Gasteiger partial charge in [0.15, 0.2) is 16.9 Å². The lowest BCUT2D eigenvalue weighted by atomic mass is 9.97. The number of benzene rings is 2. The molecule has 1 aromatic heterocycles. The Hall–Kier alpha value is -3.28. The van der Waals surface area contributed by atoms with Gasteiger partial charge in [0.25, 0.3) is 5.91 Å². The summed E-state index contributed by atoms with van der Waals surface area (Å²) in [6.07, 6.45) is 0. The van der Waals surface area contributed by atoms with Gasteiger partial charge in [-0.3, -0.25) is 9.59 Å². The Labute approximate surface area is 168 Å². The molecule has 29 heavy (non-hydrogen) atoms. The summed E-state index contributed by atoms with van der Waals surface area (Å²) in [4.78, 5) is 25.9. The first kappa shape index (κ1) is 19.1. The molecule has 1 aliphatic heterocycles. The number of fused-ring (bicyclic) bond motifs is 2. The molecule has 150 valence electrons. The van der Waals surface area contributed by atoms with Crippen molar-refractivity contribution in [3.63, 3.8) is 0 Å². The van der Waals surface area contributed by atoms with Crippen molar-refractivity contribution < 1.29 is 18.7 Å². The molecule has 6 nitrogen and oxygen atoms in total. The Morgan fingerprint density at radius 3 is 2.45 bits per heavy atom. The molecule has 0 radical (unpaired) electrons. The summed E-state index contributed by atoms with van der Waals surface area (Å²) >= 11 is 0. The molecule has 0 aliphatic carbocycles. The van der Waals surface area contributed by atoms with Crippen molar-refractivity contribution in [2.24, 2.45) is 0 Å². The van der Waals surface area contributed by atoms with Crippen LogP contribution in [-0.4, -0.2) is 19.1 Å². The minimum absolute atomic E-state index is 0.0753. The maximum absolute atomic E-state index is 13.3. The largest absolute Gasteiger partial charge is 0.490 e. The smallest absolute Gasteiger partial charge is 0.288 e. The van der Waals surface area contributed by atoms with Crippen molar-refractivity contribution in [3.8, 4) is 11.5 Å². The number of rotatable bonds is 5. The maximum Gasteiger partial charge on any atom is 0.288 e. The Morgan fingerprint density at radius 2 is 1.72 bits per heavy atom. The van der Waals surface area contributed by atoms with Gasteiger partial charge >= 0.3 is 0 Å². The second-order valence-electron chi connectivity index (χ2n) is 7.11. The zero-order chi connectivity index (χ0) is 20.7. The summed E-state index contributed by atoms with van der Waals surface area (Å²) in [5.41, 5.74) is 3.13. The molecule has 3 aromatic rings.